The highest BCUT2D eigenvalue weighted by atomic mass is 35.5. The van der Waals surface area contributed by atoms with Gasteiger partial charge in [-0.25, -0.2) is 13.1 Å². The molecule has 7 nitrogen and oxygen atoms in total. The maximum atomic E-state index is 12.1. The Kier molecular flexibility index (Phi) is 4.71. The third kappa shape index (κ3) is 4.02. The Morgan fingerprint density at radius 2 is 1.90 bits per heavy atom. The second-order valence-electron chi connectivity index (χ2n) is 8.04. The minimum atomic E-state index is -3.33. The molecule has 156 valence electrons. The molecular formula is C21H21ClN4O3S. The number of halogens is 1. The second kappa shape index (κ2) is 7.28. The van der Waals surface area contributed by atoms with Gasteiger partial charge in [0.25, 0.3) is 5.56 Å². The number of nitrogens with one attached hydrogen (secondary N) is 1. The van der Waals surface area contributed by atoms with Crippen molar-refractivity contribution >= 4 is 27.3 Å². The minimum absolute atomic E-state index is 0.00897. The number of sulfonamides is 1. The van der Waals surface area contributed by atoms with E-state index in [1.807, 2.05) is 12.4 Å². The maximum Gasteiger partial charge on any atom is 0.250 e. The van der Waals surface area contributed by atoms with E-state index in [4.69, 9.17) is 11.6 Å². The van der Waals surface area contributed by atoms with Gasteiger partial charge in [-0.3, -0.25) is 9.52 Å². The first-order chi connectivity index (χ1) is 14.4. The monoisotopic (exact) mass is 444 g/mol. The summed E-state index contributed by atoms with van der Waals surface area (Å²) < 4.78 is 30.3. The topological polar surface area (TPSA) is 86.0 Å². The molecule has 2 heterocycles. The second-order valence-corrected chi connectivity index (χ2v) is 10.4. The van der Waals surface area contributed by atoms with E-state index < -0.39 is 10.0 Å². The smallest absolute Gasteiger partial charge is 0.250 e. The van der Waals surface area contributed by atoms with Crippen LogP contribution in [0.2, 0.25) is 5.02 Å². The van der Waals surface area contributed by atoms with Gasteiger partial charge in [-0.05, 0) is 49.8 Å². The van der Waals surface area contributed by atoms with Gasteiger partial charge in [-0.2, -0.15) is 5.10 Å². The van der Waals surface area contributed by atoms with Gasteiger partial charge in [0.15, 0.2) is 0 Å². The largest absolute Gasteiger partial charge is 0.313 e. The molecule has 1 N–H and O–H groups in total. The molecule has 2 aliphatic rings. The Balaban J connectivity index is 1.39. The first-order valence-corrected chi connectivity index (χ1v) is 11.9. The van der Waals surface area contributed by atoms with Crippen LogP contribution in [0.25, 0.3) is 16.8 Å². The van der Waals surface area contributed by atoms with Crippen molar-refractivity contribution in [3.63, 3.8) is 0 Å². The summed E-state index contributed by atoms with van der Waals surface area (Å²) in [6.45, 7) is 0.741. The molecule has 0 unspecified atom stereocenters. The van der Waals surface area contributed by atoms with E-state index in [-0.39, 0.29) is 10.8 Å². The van der Waals surface area contributed by atoms with E-state index in [1.165, 1.54) is 12.8 Å². The number of aromatic nitrogens is 3. The van der Waals surface area contributed by atoms with Gasteiger partial charge >= 0.3 is 0 Å². The van der Waals surface area contributed by atoms with Crippen LogP contribution in [0.3, 0.4) is 0 Å². The molecule has 30 heavy (non-hydrogen) atoms. The van der Waals surface area contributed by atoms with E-state index in [2.05, 4.69) is 9.82 Å². The first-order valence-electron chi connectivity index (χ1n) is 9.96. The maximum absolute atomic E-state index is 12.1. The van der Waals surface area contributed by atoms with Gasteiger partial charge in [0, 0.05) is 41.8 Å². The summed E-state index contributed by atoms with van der Waals surface area (Å²) in [5.41, 5.74) is 2.80. The molecule has 5 rings (SSSR count). The lowest BCUT2D eigenvalue weighted by Gasteiger charge is -2.09. The molecule has 1 aromatic carbocycles. The van der Waals surface area contributed by atoms with Crippen molar-refractivity contribution in [1.29, 1.82) is 0 Å². The molecule has 0 aliphatic heterocycles. The summed E-state index contributed by atoms with van der Waals surface area (Å²) in [4.78, 5) is 12.1. The Bertz CT molecular complexity index is 1270. The van der Waals surface area contributed by atoms with E-state index in [0.29, 0.717) is 29.5 Å². The Morgan fingerprint density at radius 3 is 2.60 bits per heavy atom. The van der Waals surface area contributed by atoms with Crippen LogP contribution in [0.1, 0.15) is 25.7 Å². The van der Waals surface area contributed by atoms with Crippen LogP contribution in [0, 0.1) is 5.92 Å². The molecule has 0 radical (unpaired) electrons. The van der Waals surface area contributed by atoms with Gasteiger partial charge in [-0.1, -0.05) is 17.7 Å². The highest BCUT2D eigenvalue weighted by Gasteiger charge is 2.35. The highest BCUT2D eigenvalue weighted by Crippen LogP contribution is 2.34. The van der Waals surface area contributed by atoms with E-state index >= 15 is 0 Å². The van der Waals surface area contributed by atoms with Crippen LogP contribution < -0.4 is 10.3 Å². The van der Waals surface area contributed by atoms with Crippen molar-refractivity contribution in [2.45, 2.75) is 37.5 Å². The SMILES string of the molecule is O=c1ccc(-n2cc(-c3ccc(NS(=O)(=O)C4CC4)cc3Cl)cn2)cn1CC1CC1. The Hall–Kier alpha value is -2.58. The molecule has 2 aliphatic carbocycles. The van der Waals surface area contributed by atoms with Crippen molar-refractivity contribution in [3.8, 4) is 16.8 Å². The van der Waals surface area contributed by atoms with Gasteiger partial charge < -0.3 is 4.57 Å². The summed E-state index contributed by atoms with van der Waals surface area (Å²) in [6.07, 6.45) is 9.13. The van der Waals surface area contributed by atoms with Crippen molar-refractivity contribution in [3.05, 3.63) is 64.3 Å². The summed E-state index contributed by atoms with van der Waals surface area (Å²) in [5, 5.41) is 4.55. The quantitative estimate of drug-likeness (QED) is 0.602. The highest BCUT2D eigenvalue weighted by molar-refractivity contribution is 7.93. The van der Waals surface area contributed by atoms with Gasteiger partial charge in [0.1, 0.15) is 0 Å². The summed E-state index contributed by atoms with van der Waals surface area (Å²) >= 11 is 6.44. The predicted molar refractivity (Wildman–Crippen MR) is 117 cm³/mol. The standard InChI is InChI=1S/C21H21ClN4O3S/c22-20-9-16(24-30(28,29)18-5-6-18)3-7-19(20)15-10-23-26(12-15)17-4-8-21(27)25(13-17)11-14-1-2-14/h3-4,7-10,12-14,18,24H,1-2,5-6,11H2. The summed E-state index contributed by atoms with van der Waals surface area (Å²) in [5.74, 6) is 0.598. The van der Waals surface area contributed by atoms with E-state index in [1.54, 1.807) is 45.8 Å². The zero-order chi connectivity index (χ0) is 20.9. The normalized spacial score (nSPS) is 16.6. The zero-order valence-corrected chi connectivity index (χ0v) is 17.7. The van der Waals surface area contributed by atoms with Crippen molar-refractivity contribution in [2.24, 2.45) is 5.92 Å². The number of benzene rings is 1. The predicted octanol–water partition coefficient (Wildman–Crippen LogP) is 3.67. The summed E-state index contributed by atoms with van der Waals surface area (Å²) in [7, 11) is -3.33. The van der Waals surface area contributed by atoms with Crippen molar-refractivity contribution in [2.75, 3.05) is 4.72 Å². The van der Waals surface area contributed by atoms with Crippen LogP contribution in [-0.2, 0) is 16.6 Å². The van der Waals surface area contributed by atoms with Gasteiger partial charge in [0.2, 0.25) is 10.0 Å². The van der Waals surface area contributed by atoms with Gasteiger partial charge in [-0.15, -0.1) is 0 Å². The third-order valence-electron chi connectivity index (χ3n) is 5.47. The molecule has 2 fully saturated rings. The average molecular weight is 445 g/mol. The molecule has 3 aromatic rings. The Morgan fingerprint density at radius 1 is 1.10 bits per heavy atom. The number of hydrogen-bond acceptors (Lipinski definition) is 4. The number of anilines is 1. The number of nitrogens with zero attached hydrogens (tertiary/aromatic N) is 3. The fraction of sp³-hybridized carbons (Fsp3) is 0.333. The molecule has 0 amide bonds. The summed E-state index contributed by atoms with van der Waals surface area (Å²) in [6, 6.07) is 8.41. The van der Waals surface area contributed by atoms with Gasteiger partial charge in [0.05, 0.1) is 22.2 Å². The van der Waals surface area contributed by atoms with E-state index in [9.17, 15) is 13.2 Å². The lowest BCUT2D eigenvalue weighted by molar-refractivity contribution is 0.600. The van der Waals surface area contributed by atoms with Crippen LogP contribution in [-0.4, -0.2) is 28.0 Å². The van der Waals surface area contributed by atoms with Crippen molar-refractivity contribution < 1.29 is 8.42 Å². The fourth-order valence-electron chi connectivity index (χ4n) is 3.42. The molecule has 0 bridgehead atoms. The van der Waals surface area contributed by atoms with Crippen molar-refractivity contribution in [1.82, 2.24) is 14.3 Å². The molecule has 0 spiro atoms. The first kappa shape index (κ1) is 19.4. The Labute approximate surface area is 179 Å². The van der Waals surface area contributed by atoms with Crippen LogP contribution in [0.5, 0.6) is 0 Å². The average Bonchev–Trinajstić information content (AvgIpc) is 3.62. The molecule has 0 atom stereocenters. The number of pyridine rings is 1. The minimum Gasteiger partial charge on any atom is -0.313 e. The van der Waals surface area contributed by atoms with E-state index in [0.717, 1.165) is 23.4 Å². The molecular weight excluding hydrogens is 424 g/mol. The molecule has 2 saturated carbocycles. The number of hydrogen-bond donors (Lipinski definition) is 1. The van der Waals surface area contributed by atoms with Crippen LogP contribution >= 0.6 is 11.6 Å². The molecule has 2 aromatic heterocycles. The zero-order valence-electron chi connectivity index (χ0n) is 16.2. The molecule has 0 saturated heterocycles. The fourth-order valence-corrected chi connectivity index (χ4v) is 5.09. The molecule has 9 heteroatoms. The lowest BCUT2D eigenvalue weighted by atomic mass is 10.1. The van der Waals surface area contributed by atoms with Crippen LogP contribution in [0.15, 0.2) is 53.7 Å². The third-order valence-corrected chi connectivity index (χ3v) is 7.65. The number of rotatable bonds is 7. The lowest BCUT2D eigenvalue weighted by Crippen LogP contribution is -2.20. The van der Waals surface area contributed by atoms with Crippen LogP contribution in [0.4, 0.5) is 5.69 Å².